The number of aliphatic carboxylic acids is 1. The van der Waals surface area contributed by atoms with Gasteiger partial charge < -0.3 is 10.4 Å². The third kappa shape index (κ3) is 3.94. The maximum Gasteiger partial charge on any atom is 0.303 e. The van der Waals surface area contributed by atoms with Crippen molar-refractivity contribution in [2.45, 2.75) is 26.7 Å². The van der Waals surface area contributed by atoms with E-state index in [-0.39, 0.29) is 12.3 Å². The topological polar surface area (TPSA) is 84.2 Å². The lowest BCUT2D eigenvalue weighted by Gasteiger charge is -2.04. The standard InChI is InChI=1S/C16H19N3O3/c1-11-5-7-13(8-6-11)19-12(2)10-14(18-19)16(22)17-9-3-4-15(20)21/h5-8,10H,3-4,9H2,1-2H3,(H,17,22)(H,20,21). The number of benzene rings is 1. The van der Waals surface area contributed by atoms with Gasteiger partial charge in [0.1, 0.15) is 0 Å². The maximum atomic E-state index is 12.0. The number of nitrogens with one attached hydrogen (secondary N) is 1. The summed E-state index contributed by atoms with van der Waals surface area (Å²) < 4.78 is 1.71. The van der Waals surface area contributed by atoms with Crippen molar-refractivity contribution in [2.24, 2.45) is 0 Å². The van der Waals surface area contributed by atoms with Crippen molar-refractivity contribution < 1.29 is 14.7 Å². The lowest BCUT2D eigenvalue weighted by Crippen LogP contribution is -2.25. The molecule has 2 aromatic rings. The van der Waals surface area contributed by atoms with Crippen molar-refractivity contribution in [2.75, 3.05) is 6.54 Å². The van der Waals surface area contributed by atoms with Gasteiger partial charge in [-0.1, -0.05) is 17.7 Å². The van der Waals surface area contributed by atoms with E-state index in [1.165, 1.54) is 0 Å². The highest BCUT2D eigenvalue weighted by Gasteiger charge is 2.13. The zero-order chi connectivity index (χ0) is 16.1. The van der Waals surface area contributed by atoms with Gasteiger partial charge in [0.2, 0.25) is 0 Å². The third-order valence-corrected chi connectivity index (χ3v) is 3.25. The number of aryl methyl sites for hydroxylation is 2. The number of nitrogens with zero attached hydrogens (tertiary/aromatic N) is 2. The van der Waals surface area contributed by atoms with Gasteiger partial charge in [-0.25, -0.2) is 4.68 Å². The summed E-state index contributed by atoms with van der Waals surface area (Å²) in [6, 6.07) is 9.59. The SMILES string of the molecule is Cc1ccc(-n2nc(C(=O)NCCCC(=O)O)cc2C)cc1. The zero-order valence-electron chi connectivity index (χ0n) is 12.7. The second kappa shape index (κ2) is 6.89. The number of carboxylic acid groups (broad SMARTS) is 1. The number of aromatic nitrogens is 2. The fourth-order valence-electron chi connectivity index (χ4n) is 2.06. The summed E-state index contributed by atoms with van der Waals surface area (Å²) in [5, 5.41) is 15.5. The number of hydrogen-bond acceptors (Lipinski definition) is 3. The van der Waals surface area contributed by atoms with Gasteiger partial charge in [-0.3, -0.25) is 9.59 Å². The lowest BCUT2D eigenvalue weighted by atomic mass is 10.2. The molecule has 0 unspecified atom stereocenters. The molecular weight excluding hydrogens is 282 g/mol. The Balaban J connectivity index is 2.04. The number of rotatable bonds is 6. The van der Waals surface area contributed by atoms with Gasteiger partial charge >= 0.3 is 5.97 Å². The minimum absolute atomic E-state index is 0.0388. The van der Waals surface area contributed by atoms with E-state index in [9.17, 15) is 9.59 Å². The molecule has 0 saturated heterocycles. The maximum absolute atomic E-state index is 12.0. The number of carbonyl (C=O) groups excluding carboxylic acids is 1. The van der Waals surface area contributed by atoms with E-state index in [0.717, 1.165) is 16.9 Å². The molecule has 0 aliphatic carbocycles. The number of hydrogen-bond donors (Lipinski definition) is 2. The van der Waals surface area contributed by atoms with E-state index in [2.05, 4.69) is 10.4 Å². The molecule has 0 saturated carbocycles. The molecule has 1 amide bonds. The molecule has 0 fully saturated rings. The Hall–Kier alpha value is -2.63. The van der Waals surface area contributed by atoms with E-state index >= 15 is 0 Å². The Labute approximate surface area is 128 Å². The molecule has 116 valence electrons. The highest BCUT2D eigenvalue weighted by atomic mass is 16.4. The molecule has 6 nitrogen and oxygen atoms in total. The molecule has 1 heterocycles. The molecule has 0 spiro atoms. The third-order valence-electron chi connectivity index (χ3n) is 3.25. The van der Waals surface area contributed by atoms with E-state index < -0.39 is 5.97 Å². The van der Waals surface area contributed by atoms with Crippen LogP contribution in [0.5, 0.6) is 0 Å². The second-order valence-corrected chi connectivity index (χ2v) is 5.17. The zero-order valence-corrected chi connectivity index (χ0v) is 12.7. The van der Waals surface area contributed by atoms with Crippen LogP contribution in [0.1, 0.15) is 34.6 Å². The van der Waals surface area contributed by atoms with Gasteiger partial charge in [0.25, 0.3) is 5.91 Å². The van der Waals surface area contributed by atoms with Crippen LogP contribution in [-0.4, -0.2) is 33.3 Å². The average Bonchev–Trinajstić information content (AvgIpc) is 2.86. The Morgan fingerprint density at radius 1 is 1.23 bits per heavy atom. The van der Waals surface area contributed by atoms with Crippen LogP contribution >= 0.6 is 0 Å². The van der Waals surface area contributed by atoms with Crippen molar-refractivity contribution in [3.8, 4) is 5.69 Å². The largest absolute Gasteiger partial charge is 0.481 e. The van der Waals surface area contributed by atoms with E-state index in [4.69, 9.17) is 5.11 Å². The summed E-state index contributed by atoms with van der Waals surface area (Å²) in [5.74, 6) is -1.16. The molecule has 0 atom stereocenters. The predicted molar refractivity (Wildman–Crippen MR) is 82.2 cm³/mol. The minimum atomic E-state index is -0.867. The predicted octanol–water partition coefficient (Wildman–Crippen LogP) is 2.08. The quantitative estimate of drug-likeness (QED) is 0.800. The Morgan fingerprint density at radius 2 is 1.91 bits per heavy atom. The normalized spacial score (nSPS) is 10.5. The number of amides is 1. The summed E-state index contributed by atoms with van der Waals surface area (Å²) in [6.45, 7) is 4.21. The molecule has 0 aliphatic rings. The van der Waals surface area contributed by atoms with E-state index in [1.54, 1.807) is 10.7 Å². The number of carboxylic acids is 1. The Bertz CT molecular complexity index is 674. The fraction of sp³-hybridized carbons (Fsp3) is 0.312. The highest BCUT2D eigenvalue weighted by molar-refractivity contribution is 5.92. The van der Waals surface area contributed by atoms with Crippen LogP contribution < -0.4 is 5.32 Å². The van der Waals surface area contributed by atoms with Crippen LogP contribution in [0.3, 0.4) is 0 Å². The van der Waals surface area contributed by atoms with Crippen LogP contribution in [0.15, 0.2) is 30.3 Å². The van der Waals surface area contributed by atoms with Crippen LogP contribution in [0.2, 0.25) is 0 Å². The monoisotopic (exact) mass is 301 g/mol. The van der Waals surface area contributed by atoms with Crippen molar-refractivity contribution in [1.82, 2.24) is 15.1 Å². The van der Waals surface area contributed by atoms with Gasteiger partial charge in [0.15, 0.2) is 5.69 Å². The van der Waals surface area contributed by atoms with Crippen LogP contribution in [-0.2, 0) is 4.79 Å². The van der Waals surface area contributed by atoms with Crippen LogP contribution in [0.4, 0.5) is 0 Å². The molecule has 2 rings (SSSR count). The van der Waals surface area contributed by atoms with Gasteiger partial charge in [-0.15, -0.1) is 0 Å². The van der Waals surface area contributed by atoms with Crippen LogP contribution in [0, 0.1) is 13.8 Å². The Morgan fingerprint density at radius 3 is 2.55 bits per heavy atom. The molecule has 6 heteroatoms. The van der Waals surface area contributed by atoms with E-state index in [1.807, 2.05) is 38.1 Å². The first-order chi connectivity index (χ1) is 10.5. The molecular formula is C16H19N3O3. The molecule has 0 radical (unpaired) electrons. The Kier molecular flexibility index (Phi) is 4.93. The first-order valence-electron chi connectivity index (χ1n) is 7.11. The highest BCUT2D eigenvalue weighted by Crippen LogP contribution is 2.13. The van der Waals surface area contributed by atoms with Crippen molar-refractivity contribution in [3.05, 3.63) is 47.3 Å². The molecule has 22 heavy (non-hydrogen) atoms. The van der Waals surface area contributed by atoms with Gasteiger partial charge in [0, 0.05) is 18.7 Å². The van der Waals surface area contributed by atoms with Crippen molar-refractivity contribution in [1.29, 1.82) is 0 Å². The smallest absolute Gasteiger partial charge is 0.303 e. The first-order valence-corrected chi connectivity index (χ1v) is 7.11. The summed E-state index contributed by atoms with van der Waals surface area (Å²) in [5.41, 5.74) is 3.24. The first kappa shape index (κ1) is 15.8. The van der Waals surface area contributed by atoms with Gasteiger partial charge in [0.05, 0.1) is 5.69 Å². The van der Waals surface area contributed by atoms with E-state index in [0.29, 0.717) is 18.7 Å². The molecule has 2 N–H and O–H groups in total. The lowest BCUT2D eigenvalue weighted by molar-refractivity contribution is -0.137. The van der Waals surface area contributed by atoms with Gasteiger partial charge in [-0.05, 0) is 38.5 Å². The molecule has 1 aromatic heterocycles. The summed E-state index contributed by atoms with van der Waals surface area (Å²) >= 11 is 0. The van der Waals surface area contributed by atoms with Gasteiger partial charge in [-0.2, -0.15) is 5.10 Å². The molecule has 0 aliphatic heterocycles. The fourth-order valence-corrected chi connectivity index (χ4v) is 2.06. The summed E-state index contributed by atoms with van der Waals surface area (Å²) in [6.07, 6.45) is 0.440. The average molecular weight is 301 g/mol. The molecule has 1 aromatic carbocycles. The second-order valence-electron chi connectivity index (χ2n) is 5.17. The summed E-state index contributed by atoms with van der Waals surface area (Å²) in [4.78, 5) is 22.4. The van der Waals surface area contributed by atoms with Crippen molar-refractivity contribution in [3.63, 3.8) is 0 Å². The minimum Gasteiger partial charge on any atom is -0.481 e. The summed E-state index contributed by atoms with van der Waals surface area (Å²) in [7, 11) is 0. The number of carbonyl (C=O) groups is 2. The van der Waals surface area contributed by atoms with Crippen molar-refractivity contribution >= 4 is 11.9 Å². The molecule has 0 bridgehead atoms. The van der Waals surface area contributed by atoms with Crippen LogP contribution in [0.25, 0.3) is 5.69 Å².